The lowest BCUT2D eigenvalue weighted by Gasteiger charge is -2.23. The minimum atomic E-state index is -3.51. The van der Waals surface area contributed by atoms with Crippen molar-refractivity contribution in [2.45, 2.75) is 31.2 Å². The van der Waals surface area contributed by atoms with E-state index in [1.165, 1.54) is 18.5 Å². The van der Waals surface area contributed by atoms with Crippen LogP contribution in [0.2, 0.25) is 0 Å². The highest BCUT2D eigenvalue weighted by Crippen LogP contribution is 2.04. The van der Waals surface area contributed by atoms with E-state index in [1.54, 1.807) is 13.1 Å². The average Bonchev–Trinajstić information content (AvgIpc) is 2.42. The molecule has 118 valence electrons. The SMILES string of the molecule is CN=C(NCCNS(=O)(=O)c1cccnc1)NC(C)(C)C. The molecule has 1 aromatic rings. The molecule has 8 heteroatoms. The van der Waals surface area contributed by atoms with E-state index >= 15 is 0 Å². The summed E-state index contributed by atoms with van der Waals surface area (Å²) in [6.07, 6.45) is 2.85. The van der Waals surface area contributed by atoms with Crippen molar-refractivity contribution >= 4 is 16.0 Å². The van der Waals surface area contributed by atoms with Gasteiger partial charge < -0.3 is 10.6 Å². The molecule has 3 N–H and O–H groups in total. The zero-order chi connectivity index (χ0) is 15.9. The molecule has 0 aliphatic heterocycles. The third-order valence-corrected chi connectivity index (χ3v) is 3.82. The molecule has 0 unspecified atom stereocenters. The first kappa shape index (κ1) is 17.4. The summed E-state index contributed by atoms with van der Waals surface area (Å²) in [5.74, 6) is 0.628. The van der Waals surface area contributed by atoms with E-state index in [0.29, 0.717) is 12.5 Å². The highest BCUT2D eigenvalue weighted by atomic mass is 32.2. The summed E-state index contributed by atoms with van der Waals surface area (Å²) in [6.45, 7) is 6.73. The van der Waals surface area contributed by atoms with Crippen LogP contribution in [0, 0.1) is 0 Å². The van der Waals surface area contributed by atoms with Gasteiger partial charge in [0.25, 0.3) is 0 Å². The van der Waals surface area contributed by atoms with Gasteiger partial charge in [0.05, 0.1) is 0 Å². The fraction of sp³-hybridized carbons (Fsp3) is 0.538. The number of hydrogen-bond donors (Lipinski definition) is 3. The first-order valence-corrected chi connectivity index (χ1v) is 8.11. The van der Waals surface area contributed by atoms with Crippen molar-refractivity contribution in [1.29, 1.82) is 0 Å². The van der Waals surface area contributed by atoms with Gasteiger partial charge >= 0.3 is 0 Å². The van der Waals surface area contributed by atoms with Gasteiger partial charge in [-0.25, -0.2) is 13.1 Å². The molecule has 0 radical (unpaired) electrons. The Bertz CT molecular complexity index is 564. The van der Waals surface area contributed by atoms with Crippen LogP contribution in [0.3, 0.4) is 0 Å². The number of aromatic nitrogens is 1. The summed E-state index contributed by atoms with van der Waals surface area (Å²) < 4.78 is 26.4. The minimum Gasteiger partial charge on any atom is -0.355 e. The molecule has 0 bridgehead atoms. The van der Waals surface area contributed by atoms with Crippen molar-refractivity contribution in [3.8, 4) is 0 Å². The molecule has 0 spiro atoms. The molecule has 7 nitrogen and oxygen atoms in total. The van der Waals surface area contributed by atoms with Crippen LogP contribution in [0.25, 0.3) is 0 Å². The second kappa shape index (κ2) is 7.37. The highest BCUT2D eigenvalue weighted by molar-refractivity contribution is 7.89. The van der Waals surface area contributed by atoms with Crippen LogP contribution in [0.5, 0.6) is 0 Å². The Morgan fingerprint density at radius 1 is 1.33 bits per heavy atom. The van der Waals surface area contributed by atoms with E-state index in [-0.39, 0.29) is 17.0 Å². The predicted octanol–water partition coefficient (Wildman–Crippen LogP) is 0.323. The van der Waals surface area contributed by atoms with Gasteiger partial charge in [-0.3, -0.25) is 9.98 Å². The van der Waals surface area contributed by atoms with Gasteiger partial charge in [-0.05, 0) is 32.9 Å². The predicted molar refractivity (Wildman–Crippen MR) is 83.7 cm³/mol. The molecule has 0 amide bonds. The Hall–Kier alpha value is -1.67. The molecule has 0 aromatic carbocycles. The molecular weight excluding hydrogens is 290 g/mol. The van der Waals surface area contributed by atoms with E-state index in [4.69, 9.17) is 0 Å². The summed E-state index contributed by atoms with van der Waals surface area (Å²) in [5, 5.41) is 6.23. The molecule has 0 fully saturated rings. The molecule has 1 rings (SSSR count). The van der Waals surface area contributed by atoms with Gasteiger partial charge in [-0.15, -0.1) is 0 Å². The molecule has 21 heavy (non-hydrogen) atoms. The number of pyridine rings is 1. The normalized spacial score (nSPS) is 13.0. The Morgan fingerprint density at radius 2 is 2.05 bits per heavy atom. The summed E-state index contributed by atoms with van der Waals surface area (Å²) >= 11 is 0. The Morgan fingerprint density at radius 3 is 2.57 bits per heavy atom. The lowest BCUT2D eigenvalue weighted by Crippen LogP contribution is -2.49. The second-order valence-corrected chi connectivity index (χ2v) is 7.23. The van der Waals surface area contributed by atoms with Gasteiger partial charge in [0, 0.05) is 38.1 Å². The van der Waals surface area contributed by atoms with Gasteiger partial charge in [-0.1, -0.05) is 0 Å². The Labute approximate surface area is 126 Å². The number of rotatable bonds is 5. The molecule has 0 aliphatic carbocycles. The van der Waals surface area contributed by atoms with E-state index in [9.17, 15) is 8.42 Å². The van der Waals surface area contributed by atoms with E-state index < -0.39 is 10.0 Å². The van der Waals surface area contributed by atoms with Gasteiger partial charge in [0.15, 0.2) is 5.96 Å². The van der Waals surface area contributed by atoms with Crippen LogP contribution in [0.15, 0.2) is 34.4 Å². The van der Waals surface area contributed by atoms with Crippen LogP contribution in [-0.4, -0.2) is 45.0 Å². The van der Waals surface area contributed by atoms with Crippen molar-refractivity contribution in [2.24, 2.45) is 4.99 Å². The number of nitrogens with one attached hydrogen (secondary N) is 3. The Balaban J connectivity index is 2.44. The molecular formula is C13H23N5O2S. The first-order valence-electron chi connectivity index (χ1n) is 6.63. The van der Waals surface area contributed by atoms with Crippen molar-refractivity contribution in [3.63, 3.8) is 0 Å². The van der Waals surface area contributed by atoms with Gasteiger partial charge in [0.1, 0.15) is 4.90 Å². The van der Waals surface area contributed by atoms with Gasteiger partial charge in [-0.2, -0.15) is 0 Å². The highest BCUT2D eigenvalue weighted by Gasteiger charge is 2.14. The standard InChI is InChI=1S/C13H23N5O2S/c1-13(2,3)18-12(14-4)16-8-9-17-21(19,20)11-6-5-7-15-10-11/h5-7,10,17H,8-9H2,1-4H3,(H2,14,16,18). The van der Waals surface area contributed by atoms with Crippen LogP contribution < -0.4 is 15.4 Å². The van der Waals surface area contributed by atoms with Gasteiger partial charge in [0.2, 0.25) is 10.0 Å². The summed E-state index contributed by atoms with van der Waals surface area (Å²) in [5.41, 5.74) is -0.114. The summed E-state index contributed by atoms with van der Waals surface area (Å²) in [6, 6.07) is 3.09. The maximum Gasteiger partial charge on any atom is 0.242 e. The smallest absolute Gasteiger partial charge is 0.242 e. The summed E-state index contributed by atoms with van der Waals surface area (Å²) in [4.78, 5) is 8.02. The van der Waals surface area contributed by atoms with Crippen molar-refractivity contribution in [3.05, 3.63) is 24.5 Å². The largest absolute Gasteiger partial charge is 0.355 e. The molecule has 0 atom stereocenters. The fourth-order valence-corrected chi connectivity index (χ4v) is 2.48. The van der Waals surface area contributed by atoms with E-state index in [2.05, 4.69) is 25.3 Å². The van der Waals surface area contributed by atoms with Crippen LogP contribution in [-0.2, 0) is 10.0 Å². The maximum atomic E-state index is 12.0. The third kappa shape index (κ3) is 6.54. The van der Waals surface area contributed by atoms with E-state index in [1.807, 2.05) is 20.8 Å². The number of aliphatic imine (C=N–C) groups is 1. The quantitative estimate of drug-likeness (QED) is 0.413. The van der Waals surface area contributed by atoms with Crippen LogP contribution in [0.4, 0.5) is 0 Å². The van der Waals surface area contributed by atoms with Crippen molar-refractivity contribution < 1.29 is 8.42 Å². The number of sulfonamides is 1. The van der Waals surface area contributed by atoms with Crippen molar-refractivity contribution in [2.75, 3.05) is 20.1 Å². The van der Waals surface area contributed by atoms with E-state index in [0.717, 1.165) is 0 Å². The fourth-order valence-electron chi connectivity index (χ4n) is 1.49. The minimum absolute atomic E-state index is 0.114. The number of hydrogen-bond acceptors (Lipinski definition) is 4. The first-order chi connectivity index (χ1) is 9.74. The molecule has 1 aromatic heterocycles. The number of nitrogens with zero attached hydrogens (tertiary/aromatic N) is 2. The van der Waals surface area contributed by atoms with Crippen molar-refractivity contribution in [1.82, 2.24) is 20.3 Å². The maximum absolute atomic E-state index is 12.0. The molecule has 1 heterocycles. The second-order valence-electron chi connectivity index (χ2n) is 5.46. The number of guanidine groups is 1. The lowest BCUT2D eigenvalue weighted by molar-refractivity contribution is 0.501. The third-order valence-electron chi connectivity index (χ3n) is 2.37. The molecule has 0 saturated heterocycles. The topological polar surface area (TPSA) is 95.5 Å². The lowest BCUT2D eigenvalue weighted by atomic mass is 10.1. The van der Waals surface area contributed by atoms with Crippen LogP contribution in [0.1, 0.15) is 20.8 Å². The zero-order valence-electron chi connectivity index (χ0n) is 12.8. The summed E-state index contributed by atoms with van der Waals surface area (Å²) in [7, 11) is -1.85. The Kier molecular flexibility index (Phi) is 6.10. The molecule has 0 aliphatic rings. The van der Waals surface area contributed by atoms with Crippen LogP contribution >= 0.6 is 0 Å². The average molecular weight is 313 g/mol. The monoisotopic (exact) mass is 313 g/mol. The zero-order valence-corrected chi connectivity index (χ0v) is 13.7. The molecule has 0 saturated carbocycles.